The van der Waals surface area contributed by atoms with E-state index < -0.39 is 0 Å². The average molecular weight is 353 g/mol. The second kappa shape index (κ2) is 6.91. The Kier molecular flexibility index (Phi) is 4.90. The molecule has 7 heteroatoms. The molecule has 1 fully saturated rings. The van der Waals surface area contributed by atoms with Gasteiger partial charge in [-0.1, -0.05) is 29.3 Å². The molecule has 2 heterocycles. The van der Waals surface area contributed by atoms with Crippen molar-refractivity contribution in [1.82, 2.24) is 9.97 Å². The standard InChI is InChI=1S/C16H18Cl2N4O/c1-21(2)15-8-16(20-10-19-15)22-5-6-23-14(9-22)11-3-4-12(17)13(18)7-11/h3-4,7-8,10,14H,5-6,9H2,1-2H3. The normalized spacial score (nSPS) is 18.1. The third kappa shape index (κ3) is 3.68. The average Bonchev–Trinajstić information content (AvgIpc) is 2.57. The summed E-state index contributed by atoms with van der Waals surface area (Å²) in [6.07, 6.45) is 1.53. The van der Waals surface area contributed by atoms with Gasteiger partial charge >= 0.3 is 0 Å². The second-order valence-corrected chi connectivity index (χ2v) is 6.42. The molecule has 0 saturated carbocycles. The summed E-state index contributed by atoms with van der Waals surface area (Å²) in [5, 5.41) is 1.09. The minimum atomic E-state index is -0.0590. The van der Waals surface area contributed by atoms with Crippen LogP contribution in [0.25, 0.3) is 0 Å². The predicted octanol–water partition coefficient (Wildman–Crippen LogP) is 3.43. The summed E-state index contributed by atoms with van der Waals surface area (Å²) in [5.41, 5.74) is 1.02. The maximum Gasteiger partial charge on any atom is 0.134 e. The molecule has 0 spiro atoms. The second-order valence-electron chi connectivity index (χ2n) is 5.61. The summed E-state index contributed by atoms with van der Waals surface area (Å²) in [6, 6.07) is 7.60. The number of halogens is 2. The summed E-state index contributed by atoms with van der Waals surface area (Å²) >= 11 is 12.1. The fourth-order valence-electron chi connectivity index (χ4n) is 2.53. The monoisotopic (exact) mass is 352 g/mol. The van der Waals surface area contributed by atoms with Crippen LogP contribution in [0.3, 0.4) is 0 Å². The van der Waals surface area contributed by atoms with E-state index in [1.165, 1.54) is 0 Å². The van der Waals surface area contributed by atoms with Crippen molar-refractivity contribution in [3.05, 3.63) is 46.2 Å². The Morgan fingerprint density at radius 1 is 1.17 bits per heavy atom. The van der Waals surface area contributed by atoms with Crippen molar-refractivity contribution in [3.8, 4) is 0 Å². The van der Waals surface area contributed by atoms with Gasteiger partial charge in [0.05, 0.1) is 16.7 Å². The van der Waals surface area contributed by atoms with Crippen LogP contribution >= 0.6 is 23.2 Å². The van der Waals surface area contributed by atoms with Crippen molar-refractivity contribution in [2.75, 3.05) is 43.6 Å². The number of benzene rings is 1. The van der Waals surface area contributed by atoms with Gasteiger partial charge in [0, 0.05) is 33.3 Å². The summed E-state index contributed by atoms with van der Waals surface area (Å²) in [5.74, 6) is 1.78. The van der Waals surface area contributed by atoms with Gasteiger partial charge in [0.15, 0.2) is 0 Å². The van der Waals surface area contributed by atoms with Gasteiger partial charge in [-0.05, 0) is 17.7 Å². The molecule has 1 aromatic heterocycles. The zero-order chi connectivity index (χ0) is 16.4. The van der Waals surface area contributed by atoms with Gasteiger partial charge < -0.3 is 14.5 Å². The summed E-state index contributed by atoms with van der Waals surface area (Å²) in [7, 11) is 3.92. The lowest BCUT2D eigenvalue weighted by Crippen LogP contribution is -2.39. The highest BCUT2D eigenvalue weighted by molar-refractivity contribution is 6.42. The maximum absolute atomic E-state index is 6.11. The third-order valence-corrected chi connectivity index (χ3v) is 4.54. The molecule has 0 bridgehead atoms. The van der Waals surface area contributed by atoms with E-state index in [1.807, 2.05) is 37.2 Å². The molecular formula is C16H18Cl2N4O. The van der Waals surface area contributed by atoms with Crippen LogP contribution in [0.1, 0.15) is 11.7 Å². The van der Waals surface area contributed by atoms with Gasteiger partial charge in [-0.2, -0.15) is 0 Å². The molecule has 1 unspecified atom stereocenters. The van der Waals surface area contributed by atoms with Crippen LogP contribution in [0.5, 0.6) is 0 Å². The van der Waals surface area contributed by atoms with Gasteiger partial charge in [0.25, 0.3) is 0 Å². The van der Waals surface area contributed by atoms with E-state index in [-0.39, 0.29) is 6.10 Å². The van der Waals surface area contributed by atoms with E-state index in [9.17, 15) is 0 Å². The van der Waals surface area contributed by atoms with Crippen molar-refractivity contribution in [2.24, 2.45) is 0 Å². The minimum Gasteiger partial charge on any atom is -0.370 e. The quantitative estimate of drug-likeness (QED) is 0.846. The smallest absolute Gasteiger partial charge is 0.134 e. The Morgan fingerprint density at radius 2 is 2.00 bits per heavy atom. The Morgan fingerprint density at radius 3 is 2.74 bits per heavy atom. The third-order valence-electron chi connectivity index (χ3n) is 3.80. The topological polar surface area (TPSA) is 41.5 Å². The van der Waals surface area contributed by atoms with Crippen molar-refractivity contribution < 1.29 is 4.74 Å². The van der Waals surface area contributed by atoms with Crippen molar-refractivity contribution >= 4 is 34.8 Å². The molecular weight excluding hydrogens is 335 g/mol. The summed E-state index contributed by atoms with van der Waals surface area (Å²) < 4.78 is 5.89. The summed E-state index contributed by atoms with van der Waals surface area (Å²) in [4.78, 5) is 12.8. The number of ether oxygens (including phenoxy) is 1. The van der Waals surface area contributed by atoms with Gasteiger partial charge in [0.1, 0.15) is 24.1 Å². The Bertz CT molecular complexity index is 696. The van der Waals surface area contributed by atoms with Gasteiger partial charge in [-0.25, -0.2) is 9.97 Å². The first-order valence-electron chi connectivity index (χ1n) is 7.35. The summed E-state index contributed by atoms with van der Waals surface area (Å²) in [6.45, 7) is 2.13. The number of morpholine rings is 1. The van der Waals surface area contributed by atoms with Gasteiger partial charge in [-0.15, -0.1) is 0 Å². The molecule has 1 aromatic carbocycles. The molecule has 1 aliphatic rings. The highest BCUT2D eigenvalue weighted by Gasteiger charge is 2.24. The molecule has 0 radical (unpaired) electrons. The largest absolute Gasteiger partial charge is 0.370 e. The van der Waals surface area contributed by atoms with Crippen LogP contribution in [0.4, 0.5) is 11.6 Å². The van der Waals surface area contributed by atoms with Crippen LogP contribution in [-0.4, -0.2) is 43.8 Å². The molecule has 5 nitrogen and oxygen atoms in total. The van der Waals surface area contributed by atoms with E-state index in [1.54, 1.807) is 12.4 Å². The lowest BCUT2D eigenvalue weighted by atomic mass is 10.1. The van der Waals surface area contributed by atoms with Gasteiger partial charge in [0.2, 0.25) is 0 Å². The van der Waals surface area contributed by atoms with Crippen LogP contribution < -0.4 is 9.80 Å². The number of aromatic nitrogens is 2. The highest BCUT2D eigenvalue weighted by atomic mass is 35.5. The SMILES string of the molecule is CN(C)c1cc(N2CCOC(c3ccc(Cl)c(Cl)c3)C2)ncn1. The van der Waals surface area contributed by atoms with E-state index in [0.717, 1.165) is 23.7 Å². The minimum absolute atomic E-state index is 0.0590. The predicted molar refractivity (Wildman–Crippen MR) is 93.7 cm³/mol. The Labute approximate surface area is 145 Å². The zero-order valence-electron chi connectivity index (χ0n) is 13.0. The zero-order valence-corrected chi connectivity index (χ0v) is 14.6. The molecule has 1 saturated heterocycles. The lowest BCUT2D eigenvalue weighted by Gasteiger charge is -2.34. The number of nitrogens with zero attached hydrogens (tertiary/aromatic N) is 4. The van der Waals surface area contributed by atoms with Gasteiger partial charge in [-0.3, -0.25) is 0 Å². The van der Waals surface area contributed by atoms with Crippen LogP contribution in [0.2, 0.25) is 10.0 Å². The molecule has 0 aliphatic carbocycles. The molecule has 1 atom stereocenters. The molecule has 0 N–H and O–H groups in total. The highest BCUT2D eigenvalue weighted by Crippen LogP contribution is 2.30. The van der Waals surface area contributed by atoms with E-state index in [4.69, 9.17) is 27.9 Å². The number of rotatable bonds is 3. The molecule has 1 aliphatic heterocycles. The number of hydrogen-bond donors (Lipinski definition) is 0. The first kappa shape index (κ1) is 16.3. The molecule has 23 heavy (non-hydrogen) atoms. The van der Waals surface area contributed by atoms with Crippen LogP contribution in [0.15, 0.2) is 30.6 Å². The van der Waals surface area contributed by atoms with Crippen LogP contribution in [0, 0.1) is 0 Å². The van der Waals surface area contributed by atoms with Crippen molar-refractivity contribution in [2.45, 2.75) is 6.10 Å². The van der Waals surface area contributed by atoms with Crippen molar-refractivity contribution in [1.29, 1.82) is 0 Å². The molecule has 122 valence electrons. The van der Waals surface area contributed by atoms with Crippen LogP contribution in [-0.2, 0) is 4.74 Å². The van der Waals surface area contributed by atoms with E-state index in [0.29, 0.717) is 23.2 Å². The molecule has 3 rings (SSSR count). The first-order valence-corrected chi connectivity index (χ1v) is 8.11. The fourth-order valence-corrected chi connectivity index (χ4v) is 2.83. The number of anilines is 2. The first-order chi connectivity index (χ1) is 11.0. The molecule has 0 amide bonds. The van der Waals surface area contributed by atoms with E-state index >= 15 is 0 Å². The van der Waals surface area contributed by atoms with E-state index in [2.05, 4.69) is 14.9 Å². The molecule has 2 aromatic rings. The fraction of sp³-hybridized carbons (Fsp3) is 0.375. The Hall–Kier alpha value is -1.56. The number of hydrogen-bond acceptors (Lipinski definition) is 5. The Balaban J connectivity index is 1.80. The maximum atomic E-state index is 6.11. The van der Waals surface area contributed by atoms with Crippen molar-refractivity contribution in [3.63, 3.8) is 0 Å². The lowest BCUT2D eigenvalue weighted by molar-refractivity contribution is 0.0395.